The first kappa shape index (κ1) is 24.4. The highest BCUT2D eigenvalue weighted by molar-refractivity contribution is 5.95. The molecule has 0 bridgehead atoms. The fraction of sp³-hybridized carbons (Fsp3) is 0.241. The summed E-state index contributed by atoms with van der Waals surface area (Å²) < 4.78 is 14.7. The average Bonchev–Trinajstić information content (AvgIpc) is 2.91. The molecule has 8 heteroatoms. The van der Waals surface area contributed by atoms with Gasteiger partial charge < -0.3 is 9.80 Å². The van der Waals surface area contributed by atoms with Crippen LogP contribution < -0.4 is 5.56 Å². The predicted octanol–water partition coefficient (Wildman–Crippen LogP) is 3.49. The molecular formula is C29H27FN4O3. The van der Waals surface area contributed by atoms with E-state index in [9.17, 15) is 18.8 Å². The molecule has 2 amide bonds. The van der Waals surface area contributed by atoms with Crippen LogP contribution in [0.2, 0.25) is 0 Å². The molecule has 1 fully saturated rings. The molecule has 7 nitrogen and oxygen atoms in total. The van der Waals surface area contributed by atoms with Crippen LogP contribution in [-0.4, -0.2) is 58.0 Å². The highest BCUT2D eigenvalue weighted by atomic mass is 19.1. The molecule has 188 valence electrons. The van der Waals surface area contributed by atoms with Gasteiger partial charge >= 0.3 is 0 Å². The molecule has 1 aliphatic rings. The van der Waals surface area contributed by atoms with Gasteiger partial charge in [0.15, 0.2) is 0 Å². The number of hydrogen-bond acceptors (Lipinski definition) is 4. The number of fused-ring (bicyclic) bond motifs is 1. The average molecular weight is 499 g/mol. The van der Waals surface area contributed by atoms with E-state index in [1.54, 1.807) is 34.1 Å². The van der Waals surface area contributed by atoms with Gasteiger partial charge in [-0.25, -0.2) is 9.49 Å². The molecule has 3 aromatic carbocycles. The summed E-state index contributed by atoms with van der Waals surface area (Å²) in [4.78, 5) is 41.4. The smallest absolute Gasteiger partial charge is 0.272 e. The van der Waals surface area contributed by atoms with Crippen molar-refractivity contribution in [2.45, 2.75) is 19.8 Å². The molecule has 0 radical (unpaired) electrons. The zero-order valence-electron chi connectivity index (χ0n) is 20.5. The van der Waals surface area contributed by atoms with E-state index in [0.29, 0.717) is 55.7 Å². The van der Waals surface area contributed by atoms with Crippen molar-refractivity contribution < 1.29 is 14.0 Å². The van der Waals surface area contributed by atoms with Gasteiger partial charge in [-0.3, -0.25) is 14.4 Å². The Kier molecular flexibility index (Phi) is 6.81. The number of rotatable bonds is 5. The lowest BCUT2D eigenvalue weighted by Gasteiger charge is -2.35. The summed E-state index contributed by atoms with van der Waals surface area (Å²) in [5, 5.41) is 7.94. The first-order valence-corrected chi connectivity index (χ1v) is 12.3. The highest BCUT2D eigenvalue weighted by Crippen LogP contribution is 2.20. The van der Waals surface area contributed by atoms with Crippen LogP contribution in [0.25, 0.3) is 10.8 Å². The first-order chi connectivity index (χ1) is 17.9. The minimum atomic E-state index is -0.592. The predicted molar refractivity (Wildman–Crippen MR) is 139 cm³/mol. The van der Waals surface area contributed by atoms with Crippen molar-refractivity contribution in [1.82, 2.24) is 20.0 Å². The van der Waals surface area contributed by atoms with Gasteiger partial charge in [0, 0.05) is 38.0 Å². The number of benzene rings is 3. The number of hydrogen-bond donors (Lipinski definition) is 1. The van der Waals surface area contributed by atoms with Crippen molar-refractivity contribution in [3.63, 3.8) is 0 Å². The van der Waals surface area contributed by atoms with Crippen LogP contribution in [0.15, 0.2) is 71.5 Å². The standard InChI is InChI=1S/C29H27FN4O3/c1-19-5-4-6-20(15-19)18-27(35)33-11-13-34(14-12-33)29(37)24-16-21(9-10-25(24)30)17-26-22-7-2-3-8-23(22)28(36)32-31-26/h2-10,15-16H,11-14,17-18H2,1H3,(H,32,36). The van der Waals surface area contributed by atoms with Crippen molar-refractivity contribution in [2.75, 3.05) is 26.2 Å². The van der Waals surface area contributed by atoms with Gasteiger partial charge in [0.25, 0.3) is 11.5 Å². The lowest BCUT2D eigenvalue weighted by molar-refractivity contribution is -0.131. The van der Waals surface area contributed by atoms with E-state index in [4.69, 9.17) is 0 Å². The fourth-order valence-corrected chi connectivity index (χ4v) is 4.78. The molecule has 1 N–H and O–H groups in total. The number of aryl methyl sites for hydroxylation is 1. The number of carbonyl (C=O) groups is 2. The monoisotopic (exact) mass is 498 g/mol. The van der Waals surface area contributed by atoms with Crippen LogP contribution in [0, 0.1) is 12.7 Å². The maximum atomic E-state index is 14.7. The van der Waals surface area contributed by atoms with Crippen LogP contribution in [0.1, 0.15) is 32.7 Å². The van der Waals surface area contributed by atoms with Crippen LogP contribution >= 0.6 is 0 Å². The van der Waals surface area contributed by atoms with Crippen molar-refractivity contribution in [2.24, 2.45) is 0 Å². The number of piperazine rings is 1. The zero-order valence-corrected chi connectivity index (χ0v) is 20.5. The van der Waals surface area contributed by atoms with Gasteiger partial charge in [0.05, 0.1) is 23.1 Å². The van der Waals surface area contributed by atoms with Crippen molar-refractivity contribution in [3.05, 3.63) is 111 Å². The zero-order chi connectivity index (χ0) is 25.9. The van der Waals surface area contributed by atoms with E-state index in [1.807, 2.05) is 43.3 Å². The molecule has 0 spiro atoms. The van der Waals surface area contributed by atoms with Gasteiger partial charge in [0.2, 0.25) is 5.91 Å². The number of aromatic amines is 1. The molecule has 1 aromatic heterocycles. The highest BCUT2D eigenvalue weighted by Gasteiger charge is 2.26. The summed E-state index contributed by atoms with van der Waals surface area (Å²) in [5.74, 6) is -0.970. The van der Waals surface area contributed by atoms with Crippen molar-refractivity contribution in [1.29, 1.82) is 0 Å². The van der Waals surface area contributed by atoms with E-state index in [0.717, 1.165) is 16.5 Å². The van der Waals surface area contributed by atoms with Gasteiger partial charge in [-0.05, 0) is 36.2 Å². The Labute approximate surface area is 213 Å². The van der Waals surface area contributed by atoms with Crippen LogP contribution in [0.4, 0.5) is 4.39 Å². The molecule has 0 aliphatic carbocycles. The molecular weight excluding hydrogens is 471 g/mol. The molecule has 4 aromatic rings. The van der Waals surface area contributed by atoms with Crippen molar-refractivity contribution >= 4 is 22.6 Å². The maximum Gasteiger partial charge on any atom is 0.272 e. The quantitative estimate of drug-likeness (QED) is 0.457. The Balaban J connectivity index is 1.27. The third-order valence-corrected chi connectivity index (χ3v) is 6.77. The molecule has 1 saturated heterocycles. The SMILES string of the molecule is Cc1cccc(CC(=O)N2CCN(C(=O)c3cc(Cc4n[nH]c(=O)c5ccccc45)ccc3F)CC2)c1. The molecule has 5 rings (SSSR count). The molecule has 37 heavy (non-hydrogen) atoms. The second kappa shape index (κ2) is 10.3. The summed E-state index contributed by atoms with van der Waals surface area (Å²) in [5.41, 5.74) is 3.14. The second-order valence-corrected chi connectivity index (χ2v) is 9.37. The number of nitrogens with zero attached hydrogens (tertiary/aromatic N) is 3. The number of H-pyrrole nitrogens is 1. The minimum Gasteiger partial charge on any atom is -0.339 e. The third-order valence-electron chi connectivity index (χ3n) is 6.77. The number of nitrogens with one attached hydrogen (secondary N) is 1. The van der Waals surface area contributed by atoms with Gasteiger partial charge in [0.1, 0.15) is 5.82 Å². The van der Waals surface area contributed by atoms with Gasteiger partial charge in [-0.1, -0.05) is 54.1 Å². The summed E-state index contributed by atoms with van der Waals surface area (Å²) in [6.07, 6.45) is 0.652. The Morgan fingerprint density at radius 1 is 0.892 bits per heavy atom. The lowest BCUT2D eigenvalue weighted by Crippen LogP contribution is -2.51. The number of halogens is 1. The minimum absolute atomic E-state index is 0.00855. The van der Waals surface area contributed by atoms with Crippen molar-refractivity contribution in [3.8, 4) is 0 Å². The fourth-order valence-electron chi connectivity index (χ4n) is 4.78. The topological polar surface area (TPSA) is 86.4 Å². The van der Waals surface area contributed by atoms with Crippen LogP contribution in [-0.2, 0) is 17.6 Å². The summed E-state index contributed by atoms with van der Waals surface area (Å²) in [6.45, 7) is 3.49. The molecule has 0 saturated carbocycles. The van der Waals surface area contributed by atoms with Crippen LogP contribution in [0.3, 0.4) is 0 Å². The summed E-state index contributed by atoms with van der Waals surface area (Å²) in [6, 6.07) is 19.5. The van der Waals surface area contributed by atoms with Gasteiger partial charge in [-0.15, -0.1) is 0 Å². The second-order valence-electron chi connectivity index (χ2n) is 9.37. The van der Waals surface area contributed by atoms with Gasteiger partial charge in [-0.2, -0.15) is 5.10 Å². The Morgan fingerprint density at radius 2 is 1.62 bits per heavy atom. The van der Waals surface area contributed by atoms with E-state index in [1.165, 1.54) is 6.07 Å². The third kappa shape index (κ3) is 5.28. The summed E-state index contributed by atoms with van der Waals surface area (Å²) >= 11 is 0. The molecule has 0 unspecified atom stereocenters. The molecule has 2 heterocycles. The Bertz CT molecular complexity index is 1540. The maximum absolute atomic E-state index is 14.7. The lowest BCUT2D eigenvalue weighted by atomic mass is 10.0. The number of aromatic nitrogens is 2. The molecule has 0 atom stereocenters. The number of carbonyl (C=O) groups excluding carboxylic acids is 2. The molecule has 1 aliphatic heterocycles. The Morgan fingerprint density at radius 3 is 2.38 bits per heavy atom. The van der Waals surface area contributed by atoms with E-state index in [2.05, 4.69) is 10.2 Å². The van der Waals surface area contributed by atoms with Crippen LogP contribution in [0.5, 0.6) is 0 Å². The largest absolute Gasteiger partial charge is 0.339 e. The van der Waals surface area contributed by atoms with E-state index < -0.39 is 11.7 Å². The van der Waals surface area contributed by atoms with E-state index >= 15 is 0 Å². The normalized spacial score (nSPS) is 13.7. The first-order valence-electron chi connectivity index (χ1n) is 12.3. The van der Waals surface area contributed by atoms with E-state index in [-0.39, 0.29) is 17.0 Å². The number of amides is 2. The summed E-state index contributed by atoms with van der Waals surface area (Å²) in [7, 11) is 0. The Hall–Kier alpha value is -4.33.